The first kappa shape index (κ1) is 15.1. The Hall–Kier alpha value is -2.83. The molecule has 0 atom stereocenters. The number of nitrogens with zero attached hydrogens (tertiary/aromatic N) is 3. The number of benzene rings is 1. The van der Waals surface area contributed by atoms with E-state index in [0.717, 1.165) is 12.1 Å². The molecule has 118 valence electrons. The van der Waals surface area contributed by atoms with Gasteiger partial charge in [0, 0.05) is 12.6 Å². The summed E-state index contributed by atoms with van der Waals surface area (Å²) in [6, 6.07) is 2.25. The minimum atomic E-state index is -0.862. The van der Waals surface area contributed by atoms with Crippen molar-refractivity contribution in [2.45, 2.75) is 19.8 Å². The molecule has 0 saturated carbocycles. The molecule has 0 aliphatic carbocycles. The van der Waals surface area contributed by atoms with E-state index in [4.69, 9.17) is 5.73 Å². The highest BCUT2D eigenvalue weighted by atomic mass is 19.1. The van der Waals surface area contributed by atoms with E-state index >= 15 is 0 Å². The molecule has 23 heavy (non-hydrogen) atoms. The van der Waals surface area contributed by atoms with E-state index in [1.165, 1.54) is 23.1 Å². The zero-order valence-electron chi connectivity index (χ0n) is 12.4. The maximum atomic E-state index is 14.1. The van der Waals surface area contributed by atoms with Crippen molar-refractivity contribution in [2.24, 2.45) is 0 Å². The van der Waals surface area contributed by atoms with Crippen LogP contribution in [0.2, 0.25) is 0 Å². The number of anilines is 1. The number of nitrogen functional groups attached to an aromatic ring is 1. The van der Waals surface area contributed by atoms with E-state index in [9.17, 15) is 13.6 Å². The van der Waals surface area contributed by atoms with Gasteiger partial charge >= 0.3 is 0 Å². The molecule has 0 bridgehead atoms. The van der Waals surface area contributed by atoms with Gasteiger partial charge in [-0.2, -0.15) is 0 Å². The molecule has 0 amide bonds. The lowest BCUT2D eigenvalue weighted by Crippen LogP contribution is -2.01. The minimum absolute atomic E-state index is 0.0756. The quantitative estimate of drug-likeness (QED) is 0.592. The number of nitrogens with two attached hydrogens (primary N) is 1. The van der Waals surface area contributed by atoms with Gasteiger partial charge in [0.2, 0.25) is 0 Å². The van der Waals surface area contributed by atoms with Crippen LogP contribution < -0.4 is 5.73 Å². The van der Waals surface area contributed by atoms with Gasteiger partial charge in [-0.05, 0) is 18.6 Å². The average molecular weight is 316 g/mol. The normalized spacial score (nSPS) is 11.1. The Balaban J connectivity index is 2.13. The smallest absolute Gasteiger partial charge is 0.183 e. The minimum Gasteiger partial charge on any atom is -0.396 e. The second-order valence-electron chi connectivity index (χ2n) is 5.16. The molecule has 2 aromatic heterocycles. The standard InChI is InChI=1S/C16H14F2N4O/c1-2-3-13(23)16-12-6-20-11(7-22(12)8-21-16)14-9(17)4-5-10(19)15(14)18/h4-8H,2-3,19H2,1H3. The molecule has 2 N–H and O–H groups in total. The summed E-state index contributed by atoms with van der Waals surface area (Å²) in [4.78, 5) is 20.1. The van der Waals surface area contributed by atoms with E-state index < -0.39 is 11.6 Å². The van der Waals surface area contributed by atoms with E-state index in [-0.39, 0.29) is 22.7 Å². The first-order chi connectivity index (χ1) is 11.0. The molecule has 3 rings (SSSR count). The average Bonchev–Trinajstić information content (AvgIpc) is 2.95. The molecule has 0 saturated heterocycles. The zero-order chi connectivity index (χ0) is 16.6. The van der Waals surface area contributed by atoms with E-state index in [1.54, 1.807) is 0 Å². The van der Waals surface area contributed by atoms with Gasteiger partial charge in [0.25, 0.3) is 0 Å². The number of aromatic nitrogens is 3. The van der Waals surface area contributed by atoms with Crippen molar-refractivity contribution in [2.75, 3.05) is 5.73 Å². The number of hydrogen-bond donors (Lipinski definition) is 1. The second-order valence-corrected chi connectivity index (χ2v) is 5.16. The van der Waals surface area contributed by atoms with Crippen molar-refractivity contribution in [1.82, 2.24) is 14.4 Å². The first-order valence-electron chi connectivity index (χ1n) is 7.12. The van der Waals surface area contributed by atoms with Crippen LogP contribution in [-0.4, -0.2) is 20.2 Å². The molecule has 5 nitrogen and oxygen atoms in total. The SMILES string of the molecule is CCCC(=O)c1ncn2cc(-c3c(F)ccc(N)c3F)ncc12. The van der Waals surface area contributed by atoms with E-state index in [1.807, 2.05) is 6.92 Å². The zero-order valence-corrected chi connectivity index (χ0v) is 12.4. The fourth-order valence-corrected chi connectivity index (χ4v) is 2.39. The summed E-state index contributed by atoms with van der Waals surface area (Å²) < 4.78 is 29.6. The molecule has 2 heterocycles. The van der Waals surface area contributed by atoms with Crippen LogP contribution in [-0.2, 0) is 0 Å². The molecule has 7 heteroatoms. The molecule has 0 radical (unpaired) electrons. The topological polar surface area (TPSA) is 73.3 Å². The van der Waals surface area contributed by atoms with E-state index in [2.05, 4.69) is 9.97 Å². The Morgan fingerprint density at radius 3 is 2.83 bits per heavy atom. The van der Waals surface area contributed by atoms with Gasteiger partial charge in [-0.15, -0.1) is 0 Å². The number of carbonyl (C=O) groups is 1. The number of ketones is 1. The maximum absolute atomic E-state index is 14.1. The fraction of sp³-hybridized carbons (Fsp3) is 0.188. The summed E-state index contributed by atoms with van der Waals surface area (Å²) in [6.07, 6.45) is 5.32. The lowest BCUT2D eigenvalue weighted by atomic mass is 10.1. The van der Waals surface area contributed by atoms with Crippen LogP contribution >= 0.6 is 0 Å². The molecular weight excluding hydrogens is 302 g/mol. The van der Waals surface area contributed by atoms with Crippen molar-refractivity contribution in [3.05, 3.63) is 48.2 Å². The van der Waals surface area contributed by atoms with Gasteiger partial charge < -0.3 is 10.1 Å². The predicted octanol–water partition coefficient (Wildman–Crippen LogP) is 3.24. The lowest BCUT2D eigenvalue weighted by Gasteiger charge is -2.07. The lowest BCUT2D eigenvalue weighted by molar-refractivity contribution is 0.0979. The molecule has 0 fully saturated rings. The number of imidazole rings is 1. The second kappa shape index (κ2) is 5.75. The van der Waals surface area contributed by atoms with Crippen molar-refractivity contribution >= 4 is 17.0 Å². The predicted molar refractivity (Wildman–Crippen MR) is 82.0 cm³/mol. The number of fused-ring (bicyclic) bond motifs is 1. The summed E-state index contributed by atoms with van der Waals surface area (Å²) in [7, 11) is 0. The molecule has 0 aliphatic rings. The van der Waals surface area contributed by atoms with Crippen LogP contribution in [0.15, 0.2) is 30.9 Å². The summed E-state index contributed by atoms with van der Waals surface area (Å²) in [5.41, 5.74) is 5.90. The number of rotatable bonds is 4. The number of hydrogen-bond acceptors (Lipinski definition) is 4. The van der Waals surface area contributed by atoms with E-state index in [0.29, 0.717) is 24.1 Å². The molecule has 0 aliphatic heterocycles. The monoisotopic (exact) mass is 316 g/mol. The van der Waals surface area contributed by atoms with Crippen LogP contribution in [0.3, 0.4) is 0 Å². The fourth-order valence-electron chi connectivity index (χ4n) is 2.39. The Kier molecular flexibility index (Phi) is 3.77. The molecule has 0 unspecified atom stereocenters. The first-order valence-corrected chi connectivity index (χ1v) is 7.12. The maximum Gasteiger partial charge on any atom is 0.183 e. The van der Waals surface area contributed by atoms with Crippen LogP contribution in [0.5, 0.6) is 0 Å². The Morgan fingerprint density at radius 2 is 2.09 bits per heavy atom. The van der Waals surface area contributed by atoms with Gasteiger partial charge in [-0.1, -0.05) is 6.92 Å². The summed E-state index contributed by atoms with van der Waals surface area (Å²) in [5.74, 6) is -1.71. The van der Waals surface area contributed by atoms with Crippen molar-refractivity contribution in [3.8, 4) is 11.3 Å². The third kappa shape index (κ3) is 2.54. The van der Waals surface area contributed by atoms with Crippen LogP contribution in [0.4, 0.5) is 14.5 Å². The third-order valence-corrected chi connectivity index (χ3v) is 3.54. The van der Waals surface area contributed by atoms with Gasteiger partial charge in [0.05, 0.1) is 28.7 Å². The molecular formula is C16H14F2N4O. The summed E-state index contributed by atoms with van der Waals surface area (Å²) in [5, 5.41) is 0. The van der Waals surface area contributed by atoms with Crippen molar-refractivity contribution in [3.63, 3.8) is 0 Å². The Bertz CT molecular complexity index is 904. The number of carbonyl (C=O) groups excluding carboxylic acids is 1. The van der Waals surface area contributed by atoms with Gasteiger partial charge in [-0.3, -0.25) is 9.78 Å². The number of Topliss-reactive ketones (excluding diaryl/α,β-unsaturated/α-hetero) is 1. The van der Waals surface area contributed by atoms with Crippen LogP contribution in [0.25, 0.3) is 16.8 Å². The summed E-state index contributed by atoms with van der Waals surface area (Å²) in [6.45, 7) is 1.90. The van der Waals surface area contributed by atoms with Gasteiger partial charge in [-0.25, -0.2) is 13.8 Å². The van der Waals surface area contributed by atoms with Crippen LogP contribution in [0.1, 0.15) is 30.3 Å². The molecule has 1 aromatic carbocycles. The summed E-state index contributed by atoms with van der Waals surface area (Å²) >= 11 is 0. The number of halogens is 2. The Morgan fingerprint density at radius 1 is 1.30 bits per heavy atom. The highest BCUT2D eigenvalue weighted by Gasteiger charge is 2.18. The van der Waals surface area contributed by atoms with Crippen molar-refractivity contribution in [1.29, 1.82) is 0 Å². The Labute approximate surface area is 130 Å². The highest BCUT2D eigenvalue weighted by molar-refractivity contribution is 6.00. The van der Waals surface area contributed by atoms with Crippen molar-refractivity contribution < 1.29 is 13.6 Å². The molecule has 0 spiro atoms. The molecule has 3 aromatic rings. The highest BCUT2D eigenvalue weighted by Crippen LogP contribution is 2.28. The largest absolute Gasteiger partial charge is 0.396 e. The van der Waals surface area contributed by atoms with Gasteiger partial charge in [0.1, 0.15) is 17.8 Å². The van der Waals surface area contributed by atoms with Crippen LogP contribution in [0, 0.1) is 11.6 Å². The third-order valence-electron chi connectivity index (χ3n) is 3.54. The van der Waals surface area contributed by atoms with Gasteiger partial charge in [0.15, 0.2) is 11.6 Å².